The Labute approximate surface area is 173 Å². The molecule has 6 heteroatoms. The highest BCUT2D eigenvalue weighted by Crippen LogP contribution is 2.50. The molecule has 0 saturated heterocycles. The zero-order chi connectivity index (χ0) is 21.7. The van der Waals surface area contributed by atoms with Crippen molar-refractivity contribution in [1.29, 1.82) is 0 Å². The molecular formula is C24H24O6. The Kier molecular flexibility index (Phi) is 4.65. The second-order valence-electron chi connectivity index (χ2n) is 8.11. The van der Waals surface area contributed by atoms with Crippen molar-refractivity contribution in [2.24, 2.45) is 0 Å². The predicted octanol–water partition coefficient (Wildman–Crippen LogP) is 4.71. The first kappa shape index (κ1) is 19.8. The molecule has 0 aromatic heterocycles. The Morgan fingerprint density at radius 2 is 1.37 bits per heavy atom. The van der Waals surface area contributed by atoms with Crippen molar-refractivity contribution in [3.63, 3.8) is 0 Å². The van der Waals surface area contributed by atoms with Crippen LogP contribution in [0.5, 0.6) is 34.5 Å². The van der Waals surface area contributed by atoms with Crippen LogP contribution in [0, 0.1) is 0 Å². The zero-order valence-electron chi connectivity index (χ0n) is 16.7. The average molecular weight is 408 g/mol. The van der Waals surface area contributed by atoms with Crippen LogP contribution in [0.1, 0.15) is 65.8 Å². The molecule has 1 aliphatic carbocycles. The number of phenolic OH excluding ortho intramolecular Hbond substituents is 6. The van der Waals surface area contributed by atoms with E-state index in [1.165, 1.54) is 18.2 Å². The molecule has 4 rings (SSSR count). The molecule has 0 heterocycles. The molecule has 0 spiro atoms. The number of aromatic hydroxyl groups is 6. The van der Waals surface area contributed by atoms with E-state index in [0.29, 0.717) is 11.1 Å². The second kappa shape index (κ2) is 7.06. The zero-order valence-corrected chi connectivity index (χ0v) is 16.7. The highest BCUT2D eigenvalue weighted by atomic mass is 16.3. The molecule has 0 radical (unpaired) electrons. The summed E-state index contributed by atoms with van der Waals surface area (Å²) in [6.45, 7) is 3.87. The van der Waals surface area contributed by atoms with Gasteiger partial charge in [0.1, 0.15) is 0 Å². The quantitative estimate of drug-likeness (QED) is 0.349. The Hall–Kier alpha value is -3.54. The van der Waals surface area contributed by atoms with E-state index >= 15 is 0 Å². The monoisotopic (exact) mass is 408 g/mol. The third-order valence-electron chi connectivity index (χ3n) is 6.19. The lowest BCUT2D eigenvalue weighted by molar-refractivity contribution is 0.396. The molecule has 6 nitrogen and oxygen atoms in total. The van der Waals surface area contributed by atoms with Gasteiger partial charge < -0.3 is 30.6 Å². The van der Waals surface area contributed by atoms with Crippen LogP contribution in [0.4, 0.5) is 0 Å². The molecular weight excluding hydrogens is 384 g/mol. The maximum atomic E-state index is 10.5. The van der Waals surface area contributed by atoms with Gasteiger partial charge >= 0.3 is 0 Å². The Bertz CT molecular complexity index is 1140. The predicted molar refractivity (Wildman–Crippen MR) is 112 cm³/mol. The van der Waals surface area contributed by atoms with Gasteiger partial charge in [-0.2, -0.15) is 0 Å². The molecule has 3 atom stereocenters. The van der Waals surface area contributed by atoms with E-state index in [4.69, 9.17) is 0 Å². The third kappa shape index (κ3) is 3.14. The summed E-state index contributed by atoms with van der Waals surface area (Å²) in [5.41, 5.74) is 3.76. The van der Waals surface area contributed by atoms with Crippen LogP contribution in [0.2, 0.25) is 0 Å². The van der Waals surface area contributed by atoms with Gasteiger partial charge in [0.2, 0.25) is 0 Å². The summed E-state index contributed by atoms with van der Waals surface area (Å²) in [4.78, 5) is 0. The van der Waals surface area contributed by atoms with Crippen molar-refractivity contribution in [2.75, 3.05) is 0 Å². The van der Waals surface area contributed by atoms with Crippen LogP contribution in [-0.4, -0.2) is 30.6 Å². The topological polar surface area (TPSA) is 121 Å². The fraction of sp³-hybridized carbons (Fsp3) is 0.250. The van der Waals surface area contributed by atoms with Crippen LogP contribution >= 0.6 is 0 Å². The van der Waals surface area contributed by atoms with Crippen molar-refractivity contribution < 1.29 is 30.6 Å². The van der Waals surface area contributed by atoms with E-state index in [1.807, 2.05) is 19.9 Å². The van der Waals surface area contributed by atoms with Crippen molar-refractivity contribution in [2.45, 2.75) is 38.0 Å². The molecule has 30 heavy (non-hydrogen) atoms. The molecule has 6 N–H and O–H groups in total. The second-order valence-corrected chi connectivity index (χ2v) is 8.11. The fourth-order valence-electron chi connectivity index (χ4n) is 4.45. The summed E-state index contributed by atoms with van der Waals surface area (Å²) in [5.74, 6) is -1.65. The molecule has 0 aliphatic heterocycles. The van der Waals surface area contributed by atoms with Gasteiger partial charge in [0.05, 0.1) is 0 Å². The third-order valence-corrected chi connectivity index (χ3v) is 6.19. The van der Waals surface area contributed by atoms with Crippen molar-refractivity contribution >= 4 is 0 Å². The normalized spacial score (nSPS) is 18.9. The van der Waals surface area contributed by atoms with E-state index < -0.39 is 0 Å². The van der Waals surface area contributed by atoms with Crippen LogP contribution < -0.4 is 0 Å². The molecule has 0 amide bonds. The number of rotatable bonds is 3. The lowest BCUT2D eigenvalue weighted by Crippen LogP contribution is -2.02. The summed E-state index contributed by atoms with van der Waals surface area (Å²) in [6, 6.07) is 10.9. The van der Waals surface area contributed by atoms with Crippen molar-refractivity contribution in [3.8, 4) is 34.5 Å². The lowest BCUT2D eigenvalue weighted by atomic mass is 9.86. The fourth-order valence-corrected chi connectivity index (χ4v) is 4.45. The maximum Gasteiger partial charge on any atom is 0.161 e. The minimum Gasteiger partial charge on any atom is -0.504 e. The minimum absolute atomic E-state index is 0.118. The minimum atomic E-state index is -0.367. The smallest absolute Gasteiger partial charge is 0.161 e. The summed E-state index contributed by atoms with van der Waals surface area (Å²) >= 11 is 0. The van der Waals surface area contributed by atoms with E-state index in [9.17, 15) is 30.6 Å². The molecule has 3 aromatic carbocycles. The van der Waals surface area contributed by atoms with Gasteiger partial charge in [0.15, 0.2) is 34.5 Å². The van der Waals surface area contributed by atoms with Gasteiger partial charge in [-0.3, -0.25) is 0 Å². The first-order chi connectivity index (χ1) is 14.2. The SMILES string of the molecule is CC(c1ccc(O)c(O)c1)c1cc([C@@H]2C[C@H](C)c3cc(O)c(O)cc32)cc(O)c1O. The molecule has 1 unspecified atom stereocenters. The van der Waals surface area contributed by atoms with E-state index in [1.54, 1.807) is 18.2 Å². The summed E-state index contributed by atoms with van der Waals surface area (Å²) in [7, 11) is 0. The van der Waals surface area contributed by atoms with E-state index in [2.05, 4.69) is 0 Å². The number of fused-ring (bicyclic) bond motifs is 1. The van der Waals surface area contributed by atoms with Crippen molar-refractivity contribution in [3.05, 3.63) is 70.3 Å². The molecule has 0 saturated carbocycles. The molecule has 1 aliphatic rings. The Morgan fingerprint density at radius 1 is 0.733 bits per heavy atom. The lowest BCUT2D eigenvalue weighted by Gasteiger charge is -2.20. The molecule has 0 bridgehead atoms. The van der Waals surface area contributed by atoms with E-state index in [-0.39, 0.29) is 52.3 Å². The molecule has 156 valence electrons. The van der Waals surface area contributed by atoms with Gasteiger partial charge in [-0.25, -0.2) is 0 Å². The first-order valence-corrected chi connectivity index (χ1v) is 9.80. The summed E-state index contributed by atoms with van der Waals surface area (Å²) in [6.07, 6.45) is 0.732. The van der Waals surface area contributed by atoms with Crippen LogP contribution in [0.25, 0.3) is 0 Å². The van der Waals surface area contributed by atoms with Crippen LogP contribution in [0.3, 0.4) is 0 Å². The highest BCUT2D eigenvalue weighted by molar-refractivity contribution is 5.58. The number of phenols is 6. The maximum absolute atomic E-state index is 10.5. The van der Waals surface area contributed by atoms with E-state index in [0.717, 1.165) is 23.1 Å². The standard InChI is InChI=1S/C24H24O6/c1-11-5-17(18-10-22(28)21(27)9-15(11)18)14-6-16(24(30)23(29)8-14)12(2)13-3-4-19(25)20(26)7-13/h3-4,6-12,17,25-30H,5H2,1-2H3/t11-,12?,17-/m0/s1. The number of hydrogen-bond acceptors (Lipinski definition) is 6. The van der Waals surface area contributed by atoms with Gasteiger partial charge in [-0.05, 0) is 64.9 Å². The molecule has 3 aromatic rings. The van der Waals surface area contributed by atoms with Crippen LogP contribution in [-0.2, 0) is 0 Å². The van der Waals surface area contributed by atoms with Gasteiger partial charge in [-0.1, -0.05) is 26.0 Å². The Morgan fingerprint density at radius 3 is 2.03 bits per heavy atom. The van der Waals surface area contributed by atoms with Gasteiger partial charge in [-0.15, -0.1) is 0 Å². The Balaban J connectivity index is 1.80. The summed E-state index contributed by atoms with van der Waals surface area (Å²) < 4.78 is 0. The largest absolute Gasteiger partial charge is 0.504 e. The highest BCUT2D eigenvalue weighted by Gasteiger charge is 2.32. The first-order valence-electron chi connectivity index (χ1n) is 9.80. The van der Waals surface area contributed by atoms with Gasteiger partial charge in [0, 0.05) is 17.4 Å². The van der Waals surface area contributed by atoms with Crippen LogP contribution in [0.15, 0.2) is 42.5 Å². The van der Waals surface area contributed by atoms with Crippen molar-refractivity contribution in [1.82, 2.24) is 0 Å². The summed E-state index contributed by atoms with van der Waals surface area (Å²) in [5, 5.41) is 60.2. The average Bonchev–Trinajstić information content (AvgIpc) is 3.01. The molecule has 0 fully saturated rings. The van der Waals surface area contributed by atoms with Gasteiger partial charge in [0.25, 0.3) is 0 Å². The number of hydrogen-bond donors (Lipinski definition) is 6. The number of benzene rings is 3.